The average Bonchev–Trinajstić information content (AvgIpc) is 2.79. The molecule has 0 aliphatic carbocycles. The van der Waals surface area contributed by atoms with Crippen molar-refractivity contribution in [2.24, 2.45) is 0 Å². The van der Waals surface area contributed by atoms with Gasteiger partial charge in [-0.15, -0.1) is 0 Å². The third-order valence-electron chi connectivity index (χ3n) is 3.35. The topological polar surface area (TPSA) is 80.6 Å². The van der Waals surface area contributed by atoms with Crippen LogP contribution in [0.5, 0.6) is 0 Å². The van der Waals surface area contributed by atoms with Gasteiger partial charge in [0.25, 0.3) is 0 Å². The number of benzene rings is 1. The maximum absolute atomic E-state index is 13.4. The van der Waals surface area contributed by atoms with Crippen LogP contribution in [-0.4, -0.2) is 20.5 Å². The van der Waals surface area contributed by atoms with E-state index in [0.29, 0.717) is 22.6 Å². The van der Waals surface area contributed by atoms with E-state index in [4.69, 9.17) is 5.73 Å². The molecule has 3 N–H and O–H groups in total. The third-order valence-corrected chi connectivity index (χ3v) is 3.35. The molecule has 106 valence electrons. The molecular weight excluding hydrogens is 273 g/mol. The van der Waals surface area contributed by atoms with Gasteiger partial charge in [-0.25, -0.2) is 14.2 Å². The van der Waals surface area contributed by atoms with Crippen molar-refractivity contribution in [2.45, 2.75) is 6.92 Å². The Morgan fingerprint density at radius 2 is 2.14 bits per heavy atom. The smallest absolute Gasteiger partial charge is 0.339 e. The first-order valence-corrected chi connectivity index (χ1v) is 6.25. The number of imidazole rings is 1. The second-order valence-corrected chi connectivity index (χ2v) is 4.73. The Balaban J connectivity index is 2.29. The number of fused-ring (bicyclic) bond motifs is 1. The summed E-state index contributed by atoms with van der Waals surface area (Å²) in [6.45, 7) is 1.65. The average molecular weight is 285 g/mol. The van der Waals surface area contributed by atoms with Crippen LogP contribution in [0.25, 0.3) is 16.9 Å². The monoisotopic (exact) mass is 285 g/mol. The van der Waals surface area contributed by atoms with E-state index in [1.54, 1.807) is 31.3 Å². The van der Waals surface area contributed by atoms with Gasteiger partial charge in [0.2, 0.25) is 0 Å². The van der Waals surface area contributed by atoms with E-state index in [1.165, 1.54) is 16.5 Å². The fraction of sp³-hybridized carbons (Fsp3) is 0.0667. The molecule has 0 atom stereocenters. The van der Waals surface area contributed by atoms with Gasteiger partial charge in [0.05, 0.1) is 0 Å². The van der Waals surface area contributed by atoms with E-state index in [-0.39, 0.29) is 17.0 Å². The molecule has 1 aromatic carbocycles. The zero-order chi connectivity index (χ0) is 15.1. The summed E-state index contributed by atoms with van der Waals surface area (Å²) in [4.78, 5) is 15.5. The fourth-order valence-electron chi connectivity index (χ4n) is 2.26. The van der Waals surface area contributed by atoms with Gasteiger partial charge in [-0.3, -0.25) is 4.40 Å². The molecule has 0 bridgehead atoms. The summed E-state index contributed by atoms with van der Waals surface area (Å²) in [5.41, 5.74) is 7.93. The number of carboxylic acid groups (broad SMARTS) is 1. The van der Waals surface area contributed by atoms with Crippen LogP contribution in [0.4, 0.5) is 10.2 Å². The van der Waals surface area contributed by atoms with Crippen LogP contribution >= 0.6 is 0 Å². The van der Waals surface area contributed by atoms with Gasteiger partial charge in [-0.1, -0.05) is 0 Å². The van der Waals surface area contributed by atoms with Gasteiger partial charge in [-0.2, -0.15) is 0 Å². The number of anilines is 1. The number of rotatable bonds is 2. The number of hydrogen-bond acceptors (Lipinski definition) is 3. The molecule has 0 aliphatic heterocycles. The molecule has 3 aromatic rings. The van der Waals surface area contributed by atoms with Crippen LogP contribution in [0.3, 0.4) is 0 Å². The molecule has 6 heteroatoms. The van der Waals surface area contributed by atoms with Gasteiger partial charge < -0.3 is 10.8 Å². The minimum absolute atomic E-state index is 0.0642. The molecule has 0 radical (unpaired) electrons. The van der Waals surface area contributed by atoms with Crippen molar-refractivity contribution >= 4 is 17.4 Å². The molecule has 2 heterocycles. The lowest BCUT2D eigenvalue weighted by atomic mass is 10.1. The maximum atomic E-state index is 13.4. The number of nitrogens with zero attached hydrogens (tertiary/aromatic N) is 2. The number of halogens is 1. The van der Waals surface area contributed by atoms with E-state index in [0.717, 1.165) is 0 Å². The molecule has 0 unspecified atom stereocenters. The molecule has 0 amide bonds. The summed E-state index contributed by atoms with van der Waals surface area (Å²) in [5, 5.41) is 9.19. The van der Waals surface area contributed by atoms with Crippen molar-refractivity contribution in [3.63, 3.8) is 0 Å². The number of aryl methyl sites for hydroxylation is 1. The largest absolute Gasteiger partial charge is 0.478 e. The molecule has 2 aromatic heterocycles. The second-order valence-electron chi connectivity index (χ2n) is 4.73. The predicted octanol–water partition coefficient (Wildman–Crippen LogP) is 2.73. The number of aromatic nitrogens is 2. The number of hydrogen-bond donors (Lipinski definition) is 2. The van der Waals surface area contributed by atoms with E-state index in [9.17, 15) is 14.3 Å². The van der Waals surface area contributed by atoms with Gasteiger partial charge in [0.15, 0.2) is 5.65 Å². The van der Waals surface area contributed by atoms with Crippen molar-refractivity contribution in [3.05, 3.63) is 53.5 Å². The van der Waals surface area contributed by atoms with Crippen LogP contribution in [0.2, 0.25) is 0 Å². The minimum Gasteiger partial charge on any atom is -0.478 e. The highest BCUT2D eigenvalue weighted by atomic mass is 19.1. The minimum atomic E-state index is -1.08. The second kappa shape index (κ2) is 4.59. The third kappa shape index (κ3) is 2.01. The van der Waals surface area contributed by atoms with Crippen molar-refractivity contribution in [1.82, 2.24) is 9.38 Å². The highest BCUT2D eigenvalue weighted by Crippen LogP contribution is 2.28. The van der Waals surface area contributed by atoms with Gasteiger partial charge >= 0.3 is 5.97 Å². The highest BCUT2D eigenvalue weighted by molar-refractivity contribution is 5.95. The molecular formula is C15H12FN3O2. The quantitative estimate of drug-likeness (QED) is 0.758. The number of carboxylic acids is 1. The van der Waals surface area contributed by atoms with Crippen molar-refractivity contribution in [1.29, 1.82) is 0 Å². The first-order chi connectivity index (χ1) is 9.99. The van der Waals surface area contributed by atoms with E-state index in [1.807, 2.05) is 0 Å². The highest BCUT2D eigenvalue weighted by Gasteiger charge is 2.17. The first kappa shape index (κ1) is 13.1. The number of carbonyl (C=O) groups is 1. The van der Waals surface area contributed by atoms with Crippen LogP contribution in [0, 0.1) is 12.7 Å². The van der Waals surface area contributed by atoms with Crippen molar-refractivity contribution in [2.75, 3.05) is 5.73 Å². The lowest BCUT2D eigenvalue weighted by Crippen LogP contribution is -2.01. The molecule has 21 heavy (non-hydrogen) atoms. The number of nitrogens with two attached hydrogens (primary N) is 1. The van der Waals surface area contributed by atoms with Gasteiger partial charge in [-0.05, 0) is 42.8 Å². The van der Waals surface area contributed by atoms with Crippen LogP contribution < -0.4 is 5.73 Å². The Labute approximate surface area is 119 Å². The lowest BCUT2D eigenvalue weighted by Gasteiger charge is -2.02. The summed E-state index contributed by atoms with van der Waals surface area (Å²) < 4.78 is 14.9. The molecule has 0 saturated carbocycles. The fourth-order valence-corrected chi connectivity index (χ4v) is 2.26. The number of aromatic carboxylic acids is 1. The summed E-state index contributed by atoms with van der Waals surface area (Å²) in [5.74, 6) is -1.07. The van der Waals surface area contributed by atoms with Crippen LogP contribution in [-0.2, 0) is 0 Å². The Hall–Kier alpha value is -2.89. The molecule has 0 saturated heterocycles. The standard InChI is InChI=1S/C15H12FN3O2/c1-8-7-9(4-5-11(8)16)12-13(17)19-6-2-3-10(15(20)21)14(19)18-12/h2-7H,17H2,1H3,(H,20,21). The zero-order valence-corrected chi connectivity index (χ0v) is 11.2. The van der Waals surface area contributed by atoms with Crippen molar-refractivity contribution in [3.8, 4) is 11.3 Å². The Morgan fingerprint density at radius 3 is 2.81 bits per heavy atom. The molecule has 0 aliphatic rings. The van der Waals surface area contributed by atoms with Gasteiger partial charge in [0.1, 0.15) is 22.9 Å². The number of pyridine rings is 1. The lowest BCUT2D eigenvalue weighted by molar-refractivity contribution is 0.0698. The molecule has 3 rings (SSSR count). The predicted molar refractivity (Wildman–Crippen MR) is 76.7 cm³/mol. The molecule has 5 nitrogen and oxygen atoms in total. The number of nitrogen functional groups attached to an aromatic ring is 1. The Bertz CT molecular complexity index is 871. The molecule has 0 spiro atoms. The van der Waals surface area contributed by atoms with Crippen LogP contribution in [0.1, 0.15) is 15.9 Å². The van der Waals surface area contributed by atoms with Gasteiger partial charge in [0, 0.05) is 11.8 Å². The van der Waals surface area contributed by atoms with Crippen LogP contribution in [0.15, 0.2) is 36.5 Å². The van der Waals surface area contributed by atoms with Crippen molar-refractivity contribution < 1.29 is 14.3 Å². The summed E-state index contributed by atoms with van der Waals surface area (Å²) >= 11 is 0. The maximum Gasteiger partial charge on any atom is 0.339 e. The summed E-state index contributed by atoms with van der Waals surface area (Å²) in [7, 11) is 0. The first-order valence-electron chi connectivity index (χ1n) is 6.25. The zero-order valence-electron chi connectivity index (χ0n) is 11.2. The van der Waals surface area contributed by atoms with E-state index in [2.05, 4.69) is 4.98 Å². The SMILES string of the molecule is Cc1cc(-c2nc3c(C(=O)O)cccn3c2N)ccc1F. The van der Waals surface area contributed by atoms with E-state index >= 15 is 0 Å². The summed E-state index contributed by atoms with van der Waals surface area (Å²) in [6.07, 6.45) is 1.64. The molecule has 0 fully saturated rings. The summed E-state index contributed by atoms with van der Waals surface area (Å²) in [6, 6.07) is 7.60. The Morgan fingerprint density at radius 1 is 1.38 bits per heavy atom. The Kier molecular flexibility index (Phi) is 2.86. The van der Waals surface area contributed by atoms with E-state index < -0.39 is 5.97 Å². The normalized spacial score (nSPS) is 11.0.